The van der Waals surface area contributed by atoms with E-state index in [1.54, 1.807) is 24.4 Å². The molecule has 0 saturated carbocycles. The molecule has 25 heavy (non-hydrogen) atoms. The molecular weight excluding hydrogens is 320 g/mol. The topological polar surface area (TPSA) is 114 Å². The van der Waals surface area contributed by atoms with Crippen molar-refractivity contribution in [3.63, 3.8) is 0 Å². The van der Waals surface area contributed by atoms with E-state index in [9.17, 15) is 14.4 Å². The first-order chi connectivity index (χ1) is 11.8. The van der Waals surface area contributed by atoms with E-state index in [4.69, 9.17) is 5.73 Å². The minimum Gasteiger partial charge on any atom is -0.343 e. The highest BCUT2D eigenvalue weighted by Crippen LogP contribution is 2.09. The van der Waals surface area contributed by atoms with Crippen LogP contribution in [-0.2, 0) is 20.8 Å². The number of imide groups is 1. The van der Waals surface area contributed by atoms with E-state index in [0.29, 0.717) is 12.1 Å². The molecule has 0 bridgehead atoms. The molecular formula is C18H28N4O3. The van der Waals surface area contributed by atoms with E-state index < -0.39 is 29.8 Å². The standard InChI is InChI=1S/C18H28N4O3/c1-5-12(4)16(22-17(24)15(19)11(2)3)18(25)21-14(23)10-13-8-6-7-9-20-13/h6-9,11-12,15-16H,5,10,19H2,1-4H3,(H,22,24)(H,21,23,25)/t12-,15-,16-/m0/s1. The zero-order chi connectivity index (χ0) is 19.0. The summed E-state index contributed by atoms with van der Waals surface area (Å²) >= 11 is 0. The fraction of sp³-hybridized carbons (Fsp3) is 0.556. The van der Waals surface area contributed by atoms with E-state index >= 15 is 0 Å². The van der Waals surface area contributed by atoms with Gasteiger partial charge in [-0.3, -0.25) is 24.7 Å². The molecule has 3 amide bonds. The van der Waals surface area contributed by atoms with Crippen LogP contribution < -0.4 is 16.4 Å². The quantitative estimate of drug-likeness (QED) is 0.642. The Morgan fingerprint density at radius 3 is 2.36 bits per heavy atom. The van der Waals surface area contributed by atoms with Gasteiger partial charge >= 0.3 is 0 Å². The average Bonchev–Trinajstić information content (AvgIpc) is 2.58. The number of hydrogen-bond donors (Lipinski definition) is 3. The zero-order valence-electron chi connectivity index (χ0n) is 15.3. The second-order valence-electron chi connectivity index (χ2n) is 6.55. The lowest BCUT2D eigenvalue weighted by atomic mass is 9.96. The van der Waals surface area contributed by atoms with Crippen molar-refractivity contribution in [2.24, 2.45) is 17.6 Å². The molecule has 1 aromatic heterocycles. The summed E-state index contributed by atoms with van der Waals surface area (Å²) in [6.07, 6.45) is 2.25. The van der Waals surface area contributed by atoms with Crippen molar-refractivity contribution in [3.8, 4) is 0 Å². The summed E-state index contributed by atoms with van der Waals surface area (Å²) < 4.78 is 0. The summed E-state index contributed by atoms with van der Waals surface area (Å²) in [6, 6.07) is 3.71. The Labute approximate surface area is 148 Å². The lowest BCUT2D eigenvalue weighted by Gasteiger charge is -2.25. The number of hydrogen-bond acceptors (Lipinski definition) is 5. The number of pyridine rings is 1. The molecule has 4 N–H and O–H groups in total. The summed E-state index contributed by atoms with van der Waals surface area (Å²) in [4.78, 5) is 40.8. The number of aromatic nitrogens is 1. The molecule has 0 radical (unpaired) electrons. The van der Waals surface area contributed by atoms with E-state index in [1.165, 1.54) is 0 Å². The highest BCUT2D eigenvalue weighted by Gasteiger charge is 2.29. The summed E-state index contributed by atoms with van der Waals surface area (Å²) in [5.74, 6) is -1.57. The van der Waals surface area contributed by atoms with Crippen LogP contribution in [0.5, 0.6) is 0 Å². The fourth-order valence-corrected chi connectivity index (χ4v) is 2.18. The molecule has 7 heteroatoms. The Morgan fingerprint density at radius 2 is 1.84 bits per heavy atom. The Balaban J connectivity index is 2.73. The monoisotopic (exact) mass is 348 g/mol. The van der Waals surface area contributed by atoms with Crippen LogP contribution in [-0.4, -0.2) is 34.8 Å². The predicted octanol–water partition coefficient (Wildman–Crippen LogP) is 0.781. The Bertz CT molecular complexity index is 589. The minimum atomic E-state index is -0.810. The van der Waals surface area contributed by atoms with Crippen LogP contribution in [0.3, 0.4) is 0 Å². The summed E-state index contributed by atoms with van der Waals surface area (Å²) in [6.45, 7) is 7.42. The molecule has 0 unspecified atom stereocenters. The number of carbonyl (C=O) groups is 3. The van der Waals surface area contributed by atoms with Gasteiger partial charge in [-0.2, -0.15) is 0 Å². The fourth-order valence-electron chi connectivity index (χ4n) is 2.18. The normalized spacial score (nSPS) is 14.5. The maximum Gasteiger partial charge on any atom is 0.249 e. The molecule has 0 aromatic carbocycles. The van der Waals surface area contributed by atoms with Crippen LogP contribution in [0.25, 0.3) is 0 Å². The molecule has 0 aliphatic heterocycles. The van der Waals surface area contributed by atoms with Gasteiger partial charge in [0.1, 0.15) is 6.04 Å². The second-order valence-corrected chi connectivity index (χ2v) is 6.55. The van der Waals surface area contributed by atoms with Crippen molar-refractivity contribution in [3.05, 3.63) is 30.1 Å². The molecule has 1 aromatic rings. The molecule has 7 nitrogen and oxygen atoms in total. The van der Waals surface area contributed by atoms with Gasteiger partial charge in [0.25, 0.3) is 0 Å². The first kappa shape index (κ1) is 20.8. The minimum absolute atomic E-state index is 0.000734. The zero-order valence-corrected chi connectivity index (χ0v) is 15.3. The number of nitrogens with zero attached hydrogens (tertiary/aromatic N) is 1. The van der Waals surface area contributed by atoms with Gasteiger partial charge in [0.15, 0.2) is 0 Å². The second kappa shape index (κ2) is 9.88. The first-order valence-electron chi connectivity index (χ1n) is 8.55. The van der Waals surface area contributed by atoms with Gasteiger partial charge in [0, 0.05) is 11.9 Å². The Morgan fingerprint density at radius 1 is 1.16 bits per heavy atom. The van der Waals surface area contributed by atoms with E-state index in [-0.39, 0.29) is 18.3 Å². The van der Waals surface area contributed by atoms with Crippen molar-refractivity contribution < 1.29 is 14.4 Å². The maximum absolute atomic E-state index is 12.5. The highest BCUT2D eigenvalue weighted by atomic mass is 16.2. The van der Waals surface area contributed by atoms with Crippen molar-refractivity contribution in [1.29, 1.82) is 0 Å². The van der Waals surface area contributed by atoms with Crippen molar-refractivity contribution in [2.75, 3.05) is 0 Å². The average molecular weight is 348 g/mol. The summed E-state index contributed by atoms with van der Waals surface area (Å²) in [5, 5.41) is 5.02. The van der Waals surface area contributed by atoms with Crippen LogP contribution in [0.4, 0.5) is 0 Å². The maximum atomic E-state index is 12.5. The van der Waals surface area contributed by atoms with Gasteiger partial charge in [-0.25, -0.2) is 0 Å². The largest absolute Gasteiger partial charge is 0.343 e. The molecule has 0 aliphatic carbocycles. The number of carbonyl (C=O) groups excluding carboxylic acids is 3. The van der Waals surface area contributed by atoms with Gasteiger partial charge in [-0.15, -0.1) is 0 Å². The van der Waals surface area contributed by atoms with Crippen molar-refractivity contribution in [1.82, 2.24) is 15.6 Å². The molecule has 1 rings (SSSR count). The van der Waals surface area contributed by atoms with Crippen LogP contribution in [0.1, 0.15) is 39.8 Å². The van der Waals surface area contributed by atoms with E-state index in [1.807, 2.05) is 27.7 Å². The van der Waals surface area contributed by atoms with E-state index in [2.05, 4.69) is 15.6 Å². The third kappa shape index (κ3) is 6.62. The summed E-state index contributed by atoms with van der Waals surface area (Å²) in [5.41, 5.74) is 6.40. The van der Waals surface area contributed by atoms with Crippen LogP contribution >= 0.6 is 0 Å². The smallest absolute Gasteiger partial charge is 0.249 e. The predicted molar refractivity (Wildman–Crippen MR) is 95.3 cm³/mol. The molecule has 3 atom stereocenters. The van der Waals surface area contributed by atoms with E-state index in [0.717, 1.165) is 0 Å². The van der Waals surface area contributed by atoms with Gasteiger partial charge in [-0.05, 0) is 24.0 Å². The summed E-state index contributed by atoms with van der Waals surface area (Å²) in [7, 11) is 0. The van der Waals surface area contributed by atoms with Crippen LogP contribution in [0, 0.1) is 11.8 Å². The van der Waals surface area contributed by atoms with Crippen LogP contribution in [0.2, 0.25) is 0 Å². The molecule has 1 heterocycles. The van der Waals surface area contributed by atoms with Gasteiger partial charge in [0.2, 0.25) is 17.7 Å². The number of nitrogens with two attached hydrogens (primary N) is 1. The first-order valence-corrected chi connectivity index (χ1v) is 8.55. The SMILES string of the molecule is CC[C@H](C)[C@H](NC(=O)[C@@H](N)C(C)C)C(=O)NC(=O)Cc1ccccn1. The molecule has 138 valence electrons. The molecule has 0 fully saturated rings. The number of amides is 3. The lowest BCUT2D eigenvalue weighted by molar-refractivity contribution is -0.135. The number of nitrogens with one attached hydrogen (secondary N) is 2. The molecule has 0 spiro atoms. The molecule has 0 aliphatic rings. The van der Waals surface area contributed by atoms with Gasteiger partial charge in [0.05, 0.1) is 12.5 Å². The Kier molecular flexibility index (Phi) is 8.21. The van der Waals surface area contributed by atoms with Gasteiger partial charge in [-0.1, -0.05) is 40.2 Å². The van der Waals surface area contributed by atoms with Crippen molar-refractivity contribution in [2.45, 2.75) is 52.6 Å². The highest BCUT2D eigenvalue weighted by molar-refractivity contribution is 6.00. The number of rotatable bonds is 8. The third-order valence-corrected chi connectivity index (χ3v) is 4.14. The van der Waals surface area contributed by atoms with Crippen LogP contribution in [0.15, 0.2) is 24.4 Å². The molecule has 0 saturated heterocycles. The van der Waals surface area contributed by atoms with Gasteiger partial charge < -0.3 is 11.1 Å². The lowest BCUT2D eigenvalue weighted by Crippen LogP contribution is -2.56. The third-order valence-electron chi connectivity index (χ3n) is 4.14. The Hall–Kier alpha value is -2.28. The van der Waals surface area contributed by atoms with Crippen molar-refractivity contribution >= 4 is 17.7 Å².